The van der Waals surface area contributed by atoms with Crippen molar-refractivity contribution in [3.05, 3.63) is 79.4 Å². The molecule has 0 bridgehead atoms. The lowest BCUT2D eigenvalue weighted by atomic mass is 10.1. The average Bonchev–Trinajstić information content (AvgIpc) is 2.70. The molecule has 3 aromatic heterocycles. The molecule has 4 aromatic rings. The zero-order valence-electron chi connectivity index (χ0n) is 12.7. The van der Waals surface area contributed by atoms with Crippen LogP contribution in [-0.4, -0.2) is 24.9 Å². The van der Waals surface area contributed by atoms with Gasteiger partial charge in [-0.2, -0.15) is 0 Å². The largest absolute Gasteiger partial charge is 0.256 e. The Hall–Kier alpha value is -3.47. The molecule has 4 rings (SSSR count). The second-order valence-corrected chi connectivity index (χ2v) is 5.14. The summed E-state index contributed by atoms with van der Waals surface area (Å²) in [7, 11) is 0. The molecule has 0 radical (unpaired) electrons. The summed E-state index contributed by atoms with van der Waals surface area (Å²) < 4.78 is 0. The number of hydrogen-bond donors (Lipinski definition) is 0. The highest BCUT2D eigenvalue weighted by Gasteiger charge is 2.07. The summed E-state index contributed by atoms with van der Waals surface area (Å²) in [6.07, 6.45) is 5.02. The summed E-state index contributed by atoms with van der Waals surface area (Å²) >= 11 is 0. The maximum Gasteiger partial charge on any atom is 0.181 e. The van der Waals surface area contributed by atoms with Crippen molar-refractivity contribution < 1.29 is 0 Å². The van der Waals surface area contributed by atoms with E-state index < -0.39 is 0 Å². The van der Waals surface area contributed by atoms with E-state index in [9.17, 15) is 0 Å². The zero-order valence-corrected chi connectivity index (χ0v) is 12.7. The lowest BCUT2D eigenvalue weighted by Crippen LogP contribution is -1.96. The van der Waals surface area contributed by atoms with E-state index in [1.54, 1.807) is 12.4 Å². The van der Waals surface area contributed by atoms with Crippen molar-refractivity contribution in [3.8, 4) is 34.2 Å². The Kier molecular flexibility index (Phi) is 3.73. The van der Waals surface area contributed by atoms with Crippen LogP contribution in [0, 0.1) is 0 Å². The minimum atomic E-state index is 0.564. The fraction of sp³-hybridized carbons (Fsp3) is 0. The van der Waals surface area contributed by atoms with Gasteiger partial charge in [0.2, 0.25) is 0 Å². The van der Waals surface area contributed by atoms with Gasteiger partial charge in [-0.25, -0.2) is 15.0 Å². The van der Waals surface area contributed by atoms with Gasteiger partial charge in [-0.15, -0.1) is 0 Å². The molecular formula is C19H13N5. The first-order valence-electron chi connectivity index (χ1n) is 7.52. The lowest BCUT2D eigenvalue weighted by Gasteiger charge is -2.04. The highest BCUT2D eigenvalue weighted by atomic mass is 15.0. The first-order chi connectivity index (χ1) is 11.9. The lowest BCUT2D eigenvalue weighted by molar-refractivity contribution is 1.05. The van der Waals surface area contributed by atoms with Crippen molar-refractivity contribution in [1.29, 1.82) is 0 Å². The van der Waals surface area contributed by atoms with Crippen LogP contribution in [0.3, 0.4) is 0 Å². The average molecular weight is 311 g/mol. The second-order valence-electron chi connectivity index (χ2n) is 5.14. The third-order valence-electron chi connectivity index (χ3n) is 3.57. The number of nitrogens with zero attached hydrogens (tertiary/aromatic N) is 5. The van der Waals surface area contributed by atoms with Crippen molar-refractivity contribution in [2.45, 2.75) is 0 Å². The van der Waals surface area contributed by atoms with Crippen LogP contribution in [-0.2, 0) is 0 Å². The van der Waals surface area contributed by atoms with Crippen molar-refractivity contribution in [2.75, 3.05) is 0 Å². The Balaban J connectivity index is 1.67. The standard InChI is InChI=1S/C19H13N5/c1-3-11-20-16(5-1)14-7-9-15(10-8-14)18-22-13-23-19(24-18)17-6-2-4-12-21-17/h1-13H. The van der Waals surface area contributed by atoms with Gasteiger partial charge in [0.25, 0.3) is 0 Å². The maximum atomic E-state index is 4.52. The molecule has 0 aliphatic carbocycles. The van der Waals surface area contributed by atoms with Gasteiger partial charge < -0.3 is 0 Å². The minimum absolute atomic E-state index is 0.564. The van der Waals surface area contributed by atoms with Crippen LogP contribution in [0.4, 0.5) is 0 Å². The van der Waals surface area contributed by atoms with Crippen LogP contribution < -0.4 is 0 Å². The van der Waals surface area contributed by atoms with Crippen molar-refractivity contribution in [2.24, 2.45) is 0 Å². The van der Waals surface area contributed by atoms with Crippen molar-refractivity contribution >= 4 is 0 Å². The number of pyridine rings is 2. The molecule has 0 saturated carbocycles. The molecule has 5 nitrogen and oxygen atoms in total. The number of aromatic nitrogens is 5. The Morgan fingerprint density at radius 2 is 1.12 bits per heavy atom. The molecule has 1 aromatic carbocycles. The second kappa shape index (κ2) is 6.34. The van der Waals surface area contributed by atoms with E-state index in [2.05, 4.69) is 24.9 Å². The summed E-state index contributed by atoms with van der Waals surface area (Å²) in [6.45, 7) is 0. The molecule has 0 atom stereocenters. The number of rotatable bonds is 3. The van der Waals surface area contributed by atoms with E-state index in [4.69, 9.17) is 0 Å². The fourth-order valence-electron chi connectivity index (χ4n) is 2.38. The Morgan fingerprint density at radius 1 is 0.500 bits per heavy atom. The molecule has 3 heterocycles. The van der Waals surface area contributed by atoms with Crippen LogP contribution in [0.25, 0.3) is 34.2 Å². The molecule has 0 saturated heterocycles. The summed E-state index contributed by atoms with van der Waals surface area (Å²) in [5.41, 5.74) is 3.65. The molecule has 0 unspecified atom stereocenters. The van der Waals surface area contributed by atoms with E-state index in [-0.39, 0.29) is 0 Å². The molecule has 5 heteroatoms. The van der Waals surface area contributed by atoms with Crippen LogP contribution in [0.5, 0.6) is 0 Å². The predicted octanol–water partition coefficient (Wildman–Crippen LogP) is 3.66. The Morgan fingerprint density at radius 3 is 1.79 bits per heavy atom. The third kappa shape index (κ3) is 2.87. The predicted molar refractivity (Wildman–Crippen MR) is 91.7 cm³/mol. The van der Waals surface area contributed by atoms with Gasteiger partial charge in [0.15, 0.2) is 11.6 Å². The summed E-state index contributed by atoms with van der Waals surface area (Å²) in [5, 5.41) is 0. The molecule has 114 valence electrons. The molecule has 0 aliphatic heterocycles. The molecule has 0 spiro atoms. The van der Waals surface area contributed by atoms with Gasteiger partial charge >= 0.3 is 0 Å². The molecule has 24 heavy (non-hydrogen) atoms. The van der Waals surface area contributed by atoms with E-state index in [0.29, 0.717) is 11.6 Å². The Bertz CT molecular complexity index is 938. The van der Waals surface area contributed by atoms with Crippen LogP contribution in [0.1, 0.15) is 0 Å². The summed E-state index contributed by atoms with van der Waals surface area (Å²) in [5.74, 6) is 1.19. The van der Waals surface area contributed by atoms with Gasteiger partial charge in [0.05, 0.1) is 5.69 Å². The SMILES string of the molecule is c1ccc(-c2ccc(-c3ncnc(-c4ccccn4)n3)cc2)nc1. The normalized spacial score (nSPS) is 10.5. The topological polar surface area (TPSA) is 64.5 Å². The maximum absolute atomic E-state index is 4.52. The van der Waals surface area contributed by atoms with E-state index in [0.717, 1.165) is 22.5 Å². The van der Waals surface area contributed by atoms with E-state index in [1.165, 1.54) is 6.33 Å². The summed E-state index contributed by atoms with van der Waals surface area (Å²) in [6, 6.07) is 19.5. The van der Waals surface area contributed by atoms with Gasteiger partial charge in [-0.1, -0.05) is 36.4 Å². The van der Waals surface area contributed by atoms with Crippen LogP contribution in [0.2, 0.25) is 0 Å². The first kappa shape index (κ1) is 14.1. The molecule has 0 amide bonds. The molecule has 0 N–H and O–H groups in total. The fourth-order valence-corrected chi connectivity index (χ4v) is 2.38. The van der Waals surface area contributed by atoms with Crippen LogP contribution in [0.15, 0.2) is 79.4 Å². The quantitative estimate of drug-likeness (QED) is 0.577. The van der Waals surface area contributed by atoms with Gasteiger partial charge in [0.1, 0.15) is 12.0 Å². The van der Waals surface area contributed by atoms with Crippen LogP contribution >= 0.6 is 0 Å². The third-order valence-corrected chi connectivity index (χ3v) is 3.57. The minimum Gasteiger partial charge on any atom is -0.256 e. The number of benzene rings is 1. The van der Waals surface area contributed by atoms with Crippen molar-refractivity contribution in [1.82, 2.24) is 24.9 Å². The number of hydrogen-bond acceptors (Lipinski definition) is 5. The van der Waals surface area contributed by atoms with Gasteiger partial charge in [-0.3, -0.25) is 9.97 Å². The van der Waals surface area contributed by atoms with E-state index in [1.807, 2.05) is 60.7 Å². The van der Waals surface area contributed by atoms with E-state index >= 15 is 0 Å². The Labute approximate surface area is 139 Å². The van der Waals surface area contributed by atoms with Gasteiger partial charge in [-0.05, 0) is 24.3 Å². The monoisotopic (exact) mass is 311 g/mol. The highest BCUT2D eigenvalue weighted by Crippen LogP contribution is 2.22. The highest BCUT2D eigenvalue weighted by molar-refractivity contribution is 5.65. The first-order valence-corrected chi connectivity index (χ1v) is 7.52. The molecular weight excluding hydrogens is 298 g/mol. The summed E-state index contributed by atoms with van der Waals surface area (Å²) in [4.78, 5) is 21.6. The molecule has 0 aliphatic rings. The zero-order chi connectivity index (χ0) is 16.2. The van der Waals surface area contributed by atoms with Gasteiger partial charge in [0, 0.05) is 23.5 Å². The van der Waals surface area contributed by atoms with Crippen molar-refractivity contribution in [3.63, 3.8) is 0 Å². The smallest absolute Gasteiger partial charge is 0.181 e. The molecule has 0 fully saturated rings.